The Morgan fingerprint density at radius 1 is 1.32 bits per heavy atom. The minimum absolute atomic E-state index is 0.0371. The number of aromatic nitrogens is 3. The van der Waals surface area contributed by atoms with E-state index < -0.39 is 17.7 Å². The summed E-state index contributed by atoms with van der Waals surface area (Å²) in [5, 5.41) is 8.80. The smallest absolute Gasteiger partial charge is 0.291 e. The lowest BCUT2D eigenvalue weighted by Crippen LogP contribution is -2.38. The molecule has 0 atom stereocenters. The number of pyridine rings is 1. The van der Waals surface area contributed by atoms with E-state index in [9.17, 15) is 18.4 Å². The van der Waals surface area contributed by atoms with E-state index in [-0.39, 0.29) is 28.9 Å². The summed E-state index contributed by atoms with van der Waals surface area (Å²) in [5.41, 5.74) is -1.34. The molecule has 0 fully saturated rings. The number of rotatable bonds is 4. The number of nitriles is 1. The van der Waals surface area contributed by atoms with Crippen molar-refractivity contribution >= 4 is 37.5 Å². The maximum atomic E-state index is 12.9. The number of hydrogen-bond acceptors (Lipinski definition) is 5. The first-order chi connectivity index (χ1) is 11.9. The van der Waals surface area contributed by atoms with E-state index >= 15 is 0 Å². The number of alkyl halides is 2. The zero-order valence-corrected chi connectivity index (χ0v) is 14.9. The van der Waals surface area contributed by atoms with Gasteiger partial charge in [-0.2, -0.15) is 5.26 Å². The summed E-state index contributed by atoms with van der Waals surface area (Å²) in [6, 6.07) is 4.63. The first-order valence-corrected chi connectivity index (χ1v) is 8.60. The number of aryl methyl sites for hydroxylation is 1. The van der Waals surface area contributed by atoms with Gasteiger partial charge in [-0.25, -0.2) is 18.1 Å². The summed E-state index contributed by atoms with van der Waals surface area (Å²) in [6.07, 6.45) is -0.551. The van der Waals surface area contributed by atoms with Crippen LogP contribution in [0.15, 0.2) is 37.9 Å². The van der Waals surface area contributed by atoms with Crippen molar-refractivity contribution in [3.63, 3.8) is 0 Å². The molecule has 0 saturated heterocycles. The molecule has 25 heavy (non-hydrogen) atoms. The van der Waals surface area contributed by atoms with Gasteiger partial charge in [0.1, 0.15) is 4.70 Å². The van der Waals surface area contributed by atoms with E-state index in [0.29, 0.717) is 9.30 Å². The van der Waals surface area contributed by atoms with Crippen LogP contribution < -0.4 is 11.2 Å². The molecule has 0 amide bonds. The first-order valence-electron chi connectivity index (χ1n) is 6.99. The highest BCUT2D eigenvalue weighted by molar-refractivity contribution is 9.11. The minimum atomic E-state index is -2.77. The number of thiophene rings is 1. The van der Waals surface area contributed by atoms with Gasteiger partial charge in [0.15, 0.2) is 0 Å². The van der Waals surface area contributed by atoms with Gasteiger partial charge in [-0.15, -0.1) is 11.3 Å². The highest BCUT2D eigenvalue weighted by Gasteiger charge is 2.18. The maximum absolute atomic E-state index is 12.9. The average Bonchev–Trinajstić information content (AvgIpc) is 2.97. The van der Waals surface area contributed by atoms with Gasteiger partial charge >= 0.3 is 5.69 Å². The van der Waals surface area contributed by atoms with E-state index in [1.54, 1.807) is 6.07 Å². The molecule has 128 valence electrons. The lowest BCUT2D eigenvalue weighted by atomic mass is 10.2. The van der Waals surface area contributed by atoms with Gasteiger partial charge in [0.2, 0.25) is 0 Å². The molecule has 10 heteroatoms. The third-order valence-corrected chi connectivity index (χ3v) is 5.11. The molecule has 0 N–H and O–H groups in total. The van der Waals surface area contributed by atoms with Gasteiger partial charge < -0.3 is 0 Å². The van der Waals surface area contributed by atoms with Gasteiger partial charge in [-0.1, -0.05) is 0 Å². The molecule has 3 rings (SSSR count). The zero-order valence-electron chi connectivity index (χ0n) is 12.4. The predicted octanol–water partition coefficient (Wildman–Crippen LogP) is 3.22. The van der Waals surface area contributed by atoms with Gasteiger partial charge in [0.05, 0.1) is 33.7 Å². The lowest BCUT2D eigenvalue weighted by molar-refractivity contribution is 0.151. The second-order valence-electron chi connectivity index (χ2n) is 5.02. The van der Waals surface area contributed by atoms with E-state index in [1.165, 1.54) is 10.8 Å². The second kappa shape index (κ2) is 6.85. The van der Waals surface area contributed by atoms with Crippen molar-refractivity contribution in [3.05, 3.63) is 54.7 Å². The lowest BCUT2D eigenvalue weighted by Gasteiger charge is -2.11. The van der Waals surface area contributed by atoms with E-state index in [1.807, 2.05) is 6.07 Å². The van der Waals surface area contributed by atoms with Crippen LogP contribution in [-0.2, 0) is 6.54 Å². The molecule has 3 aromatic rings. The molecule has 0 saturated carbocycles. The normalized spacial score (nSPS) is 11.2. The van der Waals surface area contributed by atoms with Gasteiger partial charge in [-0.05, 0) is 28.1 Å². The molecule has 0 aliphatic carbocycles. The van der Waals surface area contributed by atoms with Crippen molar-refractivity contribution in [2.75, 3.05) is 0 Å². The summed E-state index contributed by atoms with van der Waals surface area (Å²) in [7, 11) is 0. The molecule has 0 aliphatic rings. The van der Waals surface area contributed by atoms with Crippen molar-refractivity contribution < 1.29 is 8.78 Å². The Hall–Kier alpha value is -2.38. The SMILES string of the molecule is N#CCCn1c(=O)n(-c2cncc(C(F)F)c2)c(=O)c2sc(Br)cc21. The highest BCUT2D eigenvalue weighted by Crippen LogP contribution is 2.27. The zero-order chi connectivity index (χ0) is 18.1. The van der Waals surface area contributed by atoms with Crippen LogP contribution in [0.2, 0.25) is 0 Å². The van der Waals surface area contributed by atoms with E-state index in [0.717, 1.165) is 28.2 Å². The van der Waals surface area contributed by atoms with Gasteiger partial charge in [0.25, 0.3) is 12.0 Å². The Bertz CT molecular complexity index is 1110. The molecular formula is C15H9BrF2N4O2S. The van der Waals surface area contributed by atoms with Gasteiger partial charge in [0, 0.05) is 18.3 Å². The van der Waals surface area contributed by atoms with Crippen molar-refractivity contribution in [2.45, 2.75) is 19.4 Å². The van der Waals surface area contributed by atoms with Crippen LogP contribution in [0.4, 0.5) is 8.78 Å². The molecule has 6 nitrogen and oxygen atoms in total. The number of halogens is 3. The quantitative estimate of drug-likeness (QED) is 0.641. The standard InChI is InChI=1S/C15H9BrF2N4O2S/c16-11-5-10-12(25-11)14(23)22(15(24)21(10)3-1-2-19)9-4-8(13(17)18)6-20-7-9/h4-7,13H,1,3H2. The fraction of sp³-hybridized carbons (Fsp3) is 0.200. The fourth-order valence-corrected chi connectivity index (χ4v) is 3.93. The Kier molecular flexibility index (Phi) is 4.78. The summed E-state index contributed by atoms with van der Waals surface area (Å²) >= 11 is 4.40. The highest BCUT2D eigenvalue weighted by atomic mass is 79.9. The van der Waals surface area contributed by atoms with Crippen molar-refractivity contribution in [3.8, 4) is 11.8 Å². The van der Waals surface area contributed by atoms with Crippen LogP contribution in [0.25, 0.3) is 15.9 Å². The summed E-state index contributed by atoms with van der Waals surface area (Å²) in [4.78, 5) is 29.2. The monoisotopic (exact) mass is 426 g/mol. The van der Waals surface area contributed by atoms with Crippen LogP contribution in [0.3, 0.4) is 0 Å². The summed E-state index contributed by atoms with van der Waals surface area (Å²) < 4.78 is 28.9. The van der Waals surface area contributed by atoms with E-state index in [4.69, 9.17) is 5.26 Å². The molecule has 0 bridgehead atoms. The Morgan fingerprint density at radius 2 is 2.08 bits per heavy atom. The van der Waals surface area contributed by atoms with Crippen LogP contribution in [0.5, 0.6) is 0 Å². The van der Waals surface area contributed by atoms with Crippen molar-refractivity contribution in [1.82, 2.24) is 14.1 Å². The van der Waals surface area contributed by atoms with E-state index in [2.05, 4.69) is 20.9 Å². The minimum Gasteiger partial charge on any atom is -0.291 e. The molecular weight excluding hydrogens is 418 g/mol. The van der Waals surface area contributed by atoms with Crippen LogP contribution >= 0.6 is 27.3 Å². The van der Waals surface area contributed by atoms with Crippen molar-refractivity contribution in [1.29, 1.82) is 5.26 Å². The molecule has 3 aromatic heterocycles. The largest absolute Gasteiger partial charge is 0.336 e. The fourth-order valence-electron chi connectivity index (χ4n) is 2.41. The molecule has 0 spiro atoms. The first kappa shape index (κ1) is 17.4. The maximum Gasteiger partial charge on any atom is 0.336 e. The van der Waals surface area contributed by atoms with Crippen LogP contribution in [0, 0.1) is 11.3 Å². The third-order valence-electron chi connectivity index (χ3n) is 3.50. The van der Waals surface area contributed by atoms with Crippen LogP contribution in [0.1, 0.15) is 18.4 Å². The molecule has 0 unspecified atom stereocenters. The average molecular weight is 427 g/mol. The molecule has 0 aliphatic heterocycles. The number of fused-ring (bicyclic) bond motifs is 1. The molecule has 3 heterocycles. The van der Waals surface area contributed by atoms with Crippen molar-refractivity contribution in [2.24, 2.45) is 0 Å². The predicted molar refractivity (Wildman–Crippen MR) is 92.4 cm³/mol. The van der Waals surface area contributed by atoms with Gasteiger partial charge in [-0.3, -0.25) is 14.3 Å². The Labute approximate surface area is 151 Å². The molecule has 0 aromatic carbocycles. The molecule has 0 radical (unpaired) electrons. The Morgan fingerprint density at radius 3 is 2.76 bits per heavy atom. The van der Waals surface area contributed by atoms with Crippen LogP contribution in [-0.4, -0.2) is 14.1 Å². The summed E-state index contributed by atoms with van der Waals surface area (Å²) in [5.74, 6) is 0. The topological polar surface area (TPSA) is 80.7 Å². The number of nitrogens with zero attached hydrogens (tertiary/aromatic N) is 4. The summed E-state index contributed by atoms with van der Waals surface area (Å²) in [6.45, 7) is 0.0806. The number of hydrogen-bond donors (Lipinski definition) is 0. The Balaban J connectivity index is 2.36. The second-order valence-corrected chi connectivity index (χ2v) is 7.46. The third kappa shape index (κ3) is 3.12.